The maximum atomic E-state index is 13.2. The van der Waals surface area contributed by atoms with Crippen molar-refractivity contribution in [1.82, 2.24) is 0 Å². The minimum absolute atomic E-state index is 0.0505. The second-order valence-corrected chi connectivity index (χ2v) is 7.42. The van der Waals surface area contributed by atoms with E-state index in [1.165, 1.54) is 17.3 Å². The molecule has 28 heavy (non-hydrogen) atoms. The van der Waals surface area contributed by atoms with Crippen LogP contribution in [0.4, 0.5) is 11.4 Å². The SMILES string of the molecule is CCc1ccc(/C=C2/SC(=Nc3ccccc3)N(c3ccccc3)C2=O)cc1. The molecule has 1 heterocycles. The van der Waals surface area contributed by atoms with Crippen molar-refractivity contribution in [2.45, 2.75) is 13.3 Å². The molecular weight excluding hydrogens is 364 g/mol. The lowest BCUT2D eigenvalue weighted by Gasteiger charge is -2.15. The fourth-order valence-electron chi connectivity index (χ4n) is 2.97. The molecule has 0 atom stereocenters. The van der Waals surface area contributed by atoms with E-state index in [9.17, 15) is 4.79 Å². The van der Waals surface area contributed by atoms with Gasteiger partial charge in [0, 0.05) is 0 Å². The maximum absolute atomic E-state index is 13.2. The van der Waals surface area contributed by atoms with Crippen molar-refractivity contribution in [1.29, 1.82) is 0 Å². The summed E-state index contributed by atoms with van der Waals surface area (Å²) in [6.07, 6.45) is 2.94. The summed E-state index contributed by atoms with van der Waals surface area (Å²) < 4.78 is 0. The molecule has 0 unspecified atom stereocenters. The quantitative estimate of drug-likeness (QED) is 0.512. The molecule has 0 N–H and O–H groups in total. The molecule has 0 bridgehead atoms. The van der Waals surface area contributed by atoms with Crippen LogP contribution in [0, 0.1) is 0 Å². The largest absolute Gasteiger partial charge is 0.271 e. The maximum Gasteiger partial charge on any atom is 0.271 e. The van der Waals surface area contributed by atoms with Gasteiger partial charge >= 0.3 is 0 Å². The molecule has 1 saturated heterocycles. The fraction of sp³-hybridized carbons (Fsp3) is 0.0833. The molecule has 4 rings (SSSR count). The second kappa shape index (κ2) is 8.28. The van der Waals surface area contributed by atoms with Gasteiger partial charge in [-0.05, 0) is 59.7 Å². The van der Waals surface area contributed by atoms with Crippen LogP contribution in [0.25, 0.3) is 6.08 Å². The highest BCUT2D eigenvalue weighted by molar-refractivity contribution is 8.19. The van der Waals surface area contributed by atoms with Gasteiger partial charge in [0.2, 0.25) is 0 Å². The zero-order valence-corrected chi connectivity index (χ0v) is 16.4. The number of nitrogens with zero attached hydrogens (tertiary/aromatic N) is 2. The first-order chi connectivity index (χ1) is 13.7. The Morgan fingerprint density at radius 3 is 2.18 bits per heavy atom. The number of aryl methyl sites for hydroxylation is 1. The standard InChI is InChI=1S/C24H20N2OS/c1-2-18-13-15-19(16-14-18)17-22-23(27)26(21-11-7-4-8-12-21)24(28-22)25-20-9-5-3-6-10-20/h3-17H,2H2,1H3/b22-17+,25-24?. The number of carbonyl (C=O) groups excluding carboxylic acids is 1. The van der Waals surface area contributed by atoms with Crippen LogP contribution < -0.4 is 4.90 Å². The Morgan fingerprint density at radius 2 is 1.54 bits per heavy atom. The van der Waals surface area contributed by atoms with E-state index in [1.807, 2.05) is 66.7 Å². The van der Waals surface area contributed by atoms with Gasteiger partial charge in [-0.2, -0.15) is 0 Å². The Kier molecular flexibility index (Phi) is 5.40. The third kappa shape index (κ3) is 3.92. The first kappa shape index (κ1) is 18.3. The van der Waals surface area contributed by atoms with Crippen LogP contribution in [-0.4, -0.2) is 11.1 Å². The van der Waals surface area contributed by atoms with Crippen LogP contribution >= 0.6 is 11.8 Å². The summed E-state index contributed by atoms with van der Waals surface area (Å²) in [5.74, 6) is -0.0505. The molecule has 3 aromatic carbocycles. The molecule has 0 spiro atoms. The number of benzene rings is 3. The van der Waals surface area contributed by atoms with E-state index >= 15 is 0 Å². The van der Waals surface area contributed by atoms with Crippen molar-refractivity contribution in [3.63, 3.8) is 0 Å². The Bertz CT molecular complexity index is 1030. The number of hydrogen-bond donors (Lipinski definition) is 0. The Balaban J connectivity index is 1.73. The third-order valence-electron chi connectivity index (χ3n) is 4.49. The van der Waals surface area contributed by atoms with Crippen LogP contribution in [0.5, 0.6) is 0 Å². The van der Waals surface area contributed by atoms with Gasteiger partial charge in [-0.1, -0.05) is 67.6 Å². The van der Waals surface area contributed by atoms with E-state index in [1.54, 1.807) is 4.90 Å². The topological polar surface area (TPSA) is 32.7 Å². The minimum Gasteiger partial charge on any atom is -0.268 e. The predicted molar refractivity (Wildman–Crippen MR) is 119 cm³/mol. The number of anilines is 1. The van der Waals surface area contributed by atoms with E-state index in [2.05, 4.69) is 31.2 Å². The Hall–Kier alpha value is -3.11. The zero-order valence-electron chi connectivity index (χ0n) is 15.6. The Morgan fingerprint density at radius 1 is 0.893 bits per heavy atom. The molecule has 0 aromatic heterocycles. The van der Waals surface area contributed by atoms with Crippen molar-refractivity contribution in [2.75, 3.05) is 4.90 Å². The average Bonchev–Trinajstić information content (AvgIpc) is 3.04. The molecule has 3 nitrogen and oxygen atoms in total. The lowest BCUT2D eigenvalue weighted by molar-refractivity contribution is -0.113. The molecule has 3 aromatic rings. The number of aliphatic imine (C=N–C) groups is 1. The van der Waals surface area contributed by atoms with Crippen molar-refractivity contribution in [3.05, 3.63) is 101 Å². The van der Waals surface area contributed by atoms with E-state index in [0.29, 0.717) is 10.1 Å². The number of rotatable bonds is 4. The molecule has 0 saturated carbocycles. The lowest BCUT2D eigenvalue weighted by atomic mass is 10.1. The smallest absolute Gasteiger partial charge is 0.268 e. The molecule has 4 heteroatoms. The fourth-order valence-corrected chi connectivity index (χ4v) is 3.97. The van der Waals surface area contributed by atoms with E-state index in [0.717, 1.165) is 23.4 Å². The van der Waals surface area contributed by atoms with Crippen molar-refractivity contribution < 1.29 is 4.79 Å². The number of thioether (sulfide) groups is 1. The number of carbonyl (C=O) groups is 1. The summed E-state index contributed by atoms with van der Waals surface area (Å²) >= 11 is 1.41. The molecule has 0 aliphatic carbocycles. The minimum atomic E-state index is -0.0505. The lowest BCUT2D eigenvalue weighted by Crippen LogP contribution is -2.28. The average molecular weight is 385 g/mol. The van der Waals surface area contributed by atoms with Gasteiger partial charge < -0.3 is 0 Å². The summed E-state index contributed by atoms with van der Waals surface area (Å²) in [5.41, 5.74) is 3.94. The Labute approximate surface area is 169 Å². The normalized spacial score (nSPS) is 16.9. The van der Waals surface area contributed by atoms with Gasteiger partial charge in [-0.15, -0.1) is 0 Å². The molecule has 138 valence electrons. The number of amides is 1. The highest BCUT2D eigenvalue weighted by Gasteiger charge is 2.34. The summed E-state index contributed by atoms with van der Waals surface area (Å²) in [4.78, 5) is 20.3. The van der Waals surface area contributed by atoms with Crippen molar-refractivity contribution >= 4 is 40.3 Å². The monoisotopic (exact) mass is 384 g/mol. The zero-order chi connectivity index (χ0) is 19.3. The van der Waals surface area contributed by atoms with Crippen LogP contribution in [0.15, 0.2) is 94.8 Å². The van der Waals surface area contributed by atoms with Gasteiger partial charge in [-0.25, -0.2) is 4.99 Å². The van der Waals surface area contributed by atoms with Crippen molar-refractivity contribution in [2.24, 2.45) is 4.99 Å². The van der Waals surface area contributed by atoms with E-state index < -0.39 is 0 Å². The van der Waals surface area contributed by atoms with Crippen molar-refractivity contribution in [3.8, 4) is 0 Å². The highest BCUT2D eigenvalue weighted by Crippen LogP contribution is 2.37. The number of hydrogen-bond acceptors (Lipinski definition) is 3. The highest BCUT2D eigenvalue weighted by atomic mass is 32.2. The van der Waals surface area contributed by atoms with Gasteiger partial charge in [0.25, 0.3) is 5.91 Å². The van der Waals surface area contributed by atoms with E-state index in [-0.39, 0.29) is 5.91 Å². The van der Waals surface area contributed by atoms with Gasteiger partial charge in [0.05, 0.1) is 16.3 Å². The number of para-hydroxylation sites is 2. The molecule has 1 aliphatic rings. The summed E-state index contributed by atoms with van der Waals surface area (Å²) in [6.45, 7) is 2.13. The predicted octanol–water partition coefficient (Wildman–Crippen LogP) is 6.06. The molecular formula is C24H20N2OS. The summed E-state index contributed by atoms with van der Waals surface area (Å²) in [5, 5.41) is 0.666. The molecule has 1 amide bonds. The first-order valence-electron chi connectivity index (χ1n) is 9.26. The van der Waals surface area contributed by atoms with Crippen LogP contribution in [0.2, 0.25) is 0 Å². The number of amidine groups is 1. The van der Waals surface area contributed by atoms with E-state index in [4.69, 9.17) is 4.99 Å². The van der Waals surface area contributed by atoms with Crippen LogP contribution in [0.1, 0.15) is 18.1 Å². The van der Waals surface area contributed by atoms with Gasteiger partial charge in [-0.3, -0.25) is 9.69 Å². The summed E-state index contributed by atoms with van der Waals surface area (Å²) in [6, 6.07) is 27.7. The van der Waals surface area contributed by atoms with Crippen LogP contribution in [-0.2, 0) is 11.2 Å². The molecule has 1 fully saturated rings. The van der Waals surface area contributed by atoms with Crippen LogP contribution in [0.3, 0.4) is 0 Å². The third-order valence-corrected chi connectivity index (χ3v) is 5.46. The second-order valence-electron chi connectivity index (χ2n) is 6.41. The molecule has 1 aliphatic heterocycles. The summed E-state index contributed by atoms with van der Waals surface area (Å²) in [7, 11) is 0. The van der Waals surface area contributed by atoms with Gasteiger partial charge in [0.1, 0.15) is 0 Å². The molecule has 0 radical (unpaired) electrons. The van der Waals surface area contributed by atoms with Gasteiger partial charge in [0.15, 0.2) is 5.17 Å². The first-order valence-corrected chi connectivity index (χ1v) is 10.1.